The number of nitro groups is 1. The van der Waals surface area contributed by atoms with Crippen LogP contribution in [0.3, 0.4) is 0 Å². The number of hydrogen-bond acceptors (Lipinski definition) is 5. The molecule has 2 rings (SSSR count). The van der Waals surface area contributed by atoms with Crippen molar-refractivity contribution in [2.24, 2.45) is 0 Å². The minimum absolute atomic E-state index is 0.236. The number of aromatic nitrogens is 1. The zero-order valence-corrected chi connectivity index (χ0v) is 9.92. The molecule has 0 unspecified atom stereocenters. The zero-order chi connectivity index (χ0) is 13.0. The summed E-state index contributed by atoms with van der Waals surface area (Å²) in [6, 6.07) is 8.73. The van der Waals surface area contributed by atoms with Crippen LogP contribution in [0.15, 0.2) is 34.7 Å². The lowest BCUT2D eigenvalue weighted by Crippen LogP contribution is -2.13. The maximum atomic E-state index is 10.4. The van der Waals surface area contributed by atoms with Gasteiger partial charge in [-0.05, 0) is 25.1 Å². The molecule has 0 atom stereocenters. The van der Waals surface area contributed by atoms with Gasteiger partial charge in [-0.2, -0.15) is 0 Å². The average molecular weight is 247 g/mol. The van der Waals surface area contributed by atoms with Crippen LogP contribution in [0.4, 0.5) is 5.88 Å². The van der Waals surface area contributed by atoms with E-state index >= 15 is 0 Å². The first-order valence-corrected chi connectivity index (χ1v) is 5.51. The summed E-state index contributed by atoms with van der Waals surface area (Å²) in [5.74, 6) is 0.301. The summed E-state index contributed by atoms with van der Waals surface area (Å²) in [4.78, 5) is 14.2. The quantitative estimate of drug-likeness (QED) is 0.647. The van der Waals surface area contributed by atoms with Gasteiger partial charge in [-0.1, -0.05) is 6.07 Å². The molecule has 2 aromatic rings. The Labute approximate surface area is 104 Å². The van der Waals surface area contributed by atoms with Crippen LogP contribution in [0.5, 0.6) is 0 Å². The molecule has 0 saturated carbocycles. The largest absolute Gasteiger partial charge is 0.433 e. The number of pyridine rings is 1. The minimum Gasteiger partial charge on any atom is -0.404 e. The molecule has 0 spiro atoms. The van der Waals surface area contributed by atoms with Gasteiger partial charge in [-0.25, -0.2) is 0 Å². The smallest absolute Gasteiger partial charge is 0.404 e. The van der Waals surface area contributed by atoms with Crippen molar-refractivity contribution >= 4 is 5.88 Å². The van der Waals surface area contributed by atoms with E-state index in [4.69, 9.17) is 4.42 Å². The Kier molecular flexibility index (Phi) is 3.69. The lowest BCUT2D eigenvalue weighted by atomic mass is 10.3. The van der Waals surface area contributed by atoms with Crippen molar-refractivity contribution < 1.29 is 9.34 Å². The maximum Gasteiger partial charge on any atom is 0.433 e. The highest BCUT2D eigenvalue weighted by Gasteiger charge is 2.11. The van der Waals surface area contributed by atoms with E-state index in [1.54, 1.807) is 6.07 Å². The van der Waals surface area contributed by atoms with Crippen LogP contribution < -0.4 is 5.32 Å². The number of nitrogens with one attached hydrogen (secondary N) is 1. The summed E-state index contributed by atoms with van der Waals surface area (Å²) in [5, 5.41) is 13.5. The van der Waals surface area contributed by atoms with E-state index in [0.717, 1.165) is 11.4 Å². The summed E-state index contributed by atoms with van der Waals surface area (Å²) in [5.41, 5.74) is 1.89. The Hall–Kier alpha value is -2.21. The lowest BCUT2D eigenvalue weighted by molar-refractivity contribution is -0.402. The molecule has 0 saturated heterocycles. The van der Waals surface area contributed by atoms with Crippen molar-refractivity contribution in [1.82, 2.24) is 10.3 Å². The van der Waals surface area contributed by atoms with Gasteiger partial charge in [0.05, 0.1) is 18.3 Å². The van der Waals surface area contributed by atoms with Gasteiger partial charge in [0.25, 0.3) is 0 Å². The van der Waals surface area contributed by atoms with E-state index in [-0.39, 0.29) is 5.88 Å². The van der Waals surface area contributed by atoms with Crippen LogP contribution in [0.25, 0.3) is 0 Å². The van der Waals surface area contributed by atoms with E-state index < -0.39 is 4.92 Å². The lowest BCUT2D eigenvalue weighted by Gasteiger charge is -2.02. The zero-order valence-electron chi connectivity index (χ0n) is 9.92. The van der Waals surface area contributed by atoms with Gasteiger partial charge in [0.2, 0.25) is 0 Å². The molecule has 0 radical (unpaired) electrons. The summed E-state index contributed by atoms with van der Waals surface area (Å²) in [7, 11) is 0. The fraction of sp³-hybridized carbons (Fsp3) is 0.250. The van der Waals surface area contributed by atoms with Crippen LogP contribution in [-0.4, -0.2) is 9.91 Å². The third-order valence-electron chi connectivity index (χ3n) is 2.38. The van der Waals surface area contributed by atoms with Crippen molar-refractivity contribution in [3.8, 4) is 0 Å². The molecule has 6 nitrogen and oxygen atoms in total. The predicted octanol–water partition coefficient (Wildman–Crippen LogP) is 2.18. The van der Waals surface area contributed by atoms with E-state index in [2.05, 4.69) is 10.3 Å². The third-order valence-corrected chi connectivity index (χ3v) is 2.38. The van der Waals surface area contributed by atoms with Crippen molar-refractivity contribution in [3.63, 3.8) is 0 Å². The minimum atomic E-state index is -0.550. The van der Waals surface area contributed by atoms with E-state index in [0.29, 0.717) is 18.8 Å². The van der Waals surface area contributed by atoms with Crippen molar-refractivity contribution in [2.75, 3.05) is 0 Å². The van der Waals surface area contributed by atoms with E-state index in [9.17, 15) is 10.1 Å². The fourth-order valence-electron chi connectivity index (χ4n) is 1.57. The SMILES string of the molecule is Cc1cccc(CNCc2ccc([N+](=O)[O-])o2)n1. The molecule has 0 aliphatic heterocycles. The second-order valence-corrected chi connectivity index (χ2v) is 3.87. The Balaban J connectivity index is 1.86. The molecular formula is C12H13N3O3. The number of aryl methyl sites for hydroxylation is 1. The number of rotatable bonds is 5. The van der Waals surface area contributed by atoms with E-state index in [1.807, 2.05) is 25.1 Å². The van der Waals surface area contributed by atoms with Gasteiger partial charge >= 0.3 is 5.88 Å². The first kappa shape index (κ1) is 12.3. The van der Waals surface area contributed by atoms with Crippen molar-refractivity contribution in [3.05, 3.63) is 57.6 Å². The summed E-state index contributed by atoms with van der Waals surface area (Å²) in [6.07, 6.45) is 0. The summed E-state index contributed by atoms with van der Waals surface area (Å²) >= 11 is 0. The molecule has 6 heteroatoms. The molecular weight excluding hydrogens is 234 g/mol. The van der Waals surface area contributed by atoms with Gasteiger partial charge in [-0.3, -0.25) is 15.1 Å². The van der Waals surface area contributed by atoms with Crippen LogP contribution in [-0.2, 0) is 13.1 Å². The van der Waals surface area contributed by atoms with Crippen LogP contribution in [0.2, 0.25) is 0 Å². The standard InChI is InChI=1S/C12H13N3O3/c1-9-3-2-4-10(14-9)7-13-8-11-5-6-12(18-11)15(16)17/h2-6,13H,7-8H2,1H3. The maximum absolute atomic E-state index is 10.4. The molecule has 0 aromatic carbocycles. The van der Waals surface area contributed by atoms with Gasteiger partial charge in [0.15, 0.2) is 0 Å². The number of nitrogens with zero attached hydrogens (tertiary/aromatic N) is 2. The summed E-state index contributed by atoms with van der Waals surface area (Å²) in [6.45, 7) is 2.96. The Morgan fingerprint density at radius 3 is 2.83 bits per heavy atom. The monoisotopic (exact) mass is 247 g/mol. The Bertz CT molecular complexity index is 551. The molecule has 94 valence electrons. The topological polar surface area (TPSA) is 81.2 Å². The molecule has 0 bridgehead atoms. The van der Waals surface area contributed by atoms with Crippen LogP contribution in [0.1, 0.15) is 17.1 Å². The van der Waals surface area contributed by atoms with Gasteiger partial charge in [-0.15, -0.1) is 0 Å². The highest BCUT2D eigenvalue weighted by molar-refractivity contribution is 5.17. The average Bonchev–Trinajstić information content (AvgIpc) is 2.78. The molecule has 0 aliphatic rings. The first-order chi connectivity index (χ1) is 8.65. The molecule has 18 heavy (non-hydrogen) atoms. The second kappa shape index (κ2) is 5.42. The predicted molar refractivity (Wildman–Crippen MR) is 64.9 cm³/mol. The van der Waals surface area contributed by atoms with Gasteiger partial charge in [0, 0.05) is 12.2 Å². The fourth-order valence-corrected chi connectivity index (χ4v) is 1.57. The Morgan fingerprint density at radius 1 is 1.33 bits per heavy atom. The number of hydrogen-bond donors (Lipinski definition) is 1. The molecule has 0 fully saturated rings. The highest BCUT2D eigenvalue weighted by atomic mass is 16.6. The van der Waals surface area contributed by atoms with Crippen LogP contribution in [0, 0.1) is 17.0 Å². The normalized spacial score (nSPS) is 10.5. The highest BCUT2D eigenvalue weighted by Crippen LogP contribution is 2.15. The molecule has 2 heterocycles. The third kappa shape index (κ3) is 3.14. The van der Waals surface area contributed by atoms with Gasteiger partial charge < -0.3 is 9.73 Å². The van der Waals surface area contributed by atoms with Crippen LogP contribution >= 0.6 is 0 Å². The number of furan rings is 1. The molecule has 0 aliphatic carbocycles. The first-order valence-electron chi connectivity index (χ1n) is 5.51. The van der Waals surface area contributed by atoms with E-state index in [1.165, 1.54) is 6.07 Å². The molecule has 2 aromatic heterocycles. The Morgan fingerprint density at radius 2 is 2.17 bits per heavy atom. The summed E-state index contributed by atoms with van der Waals surface area (Å²) < 4.78 is 5.02. The molecule has 0 amide bonds. The van der Waals surface area contributed by atoms with Crippen molar-refractivity contribution in [1.29, 1.82) is 0 Å². The molecule has 1 N–H and O–H groups in total. The van der Waals surface area contributed by atoms with Gasteiger partial charge in [0.1, 0.15) is 10.7 Å². The second-order valence-electron chi connectivity index (χ2n) is 3.87. The van der Waals surface area contributed by atoms with Crippen molar-refractivity contribution in [2.45, 2.75) is 20.0 Å².